The number of methoxy groups -OCH3 is 1. The molecule has 102 valence electrons. The van der Waals surface area contributed by atoms with E-state index < -0.39 is 11.9 Å². The summed E-state index contributed by atoms with van der Waals surface area (Å²) in [5.41, 5.74) is 0.459. The van der Waals surface area contributed by atoms with Gasteiger partial charge in [-0.15, -0.1) is 0 Å². The van der Waals surface area contributed by atoms with Crippen molar-refractivity contribution in [3.8, 4) is 22.9 Å². The van der Waals surface area contributed by atoms with Crippen molar-refractivity contribution < 1.29 is 17.9 Å². The normalized spacial score (nSPS) is 10.9. The number of rotatable bonds is 2. The minimum Gasteiger partial charge on any atom is -0.495 e. The van der Waals surface area contributed by atoms with Gasteiger partial charge in [-0.25, -0.2) is 0 Å². The monoisotopic (exact) mass is 278 g/mol. The maximum Gasteiger partial charge on any atom is 0.433 e. The average molecular weight is 278 g/mol. The number of benzene rings is 1. The molecule has 2 rings (SSSR count). The predicted molar refractivity (Wildman–Crippen MR) is 65.9 cm³/mol. The minimum absolute atomic E-state index is 0.310. The number of nitrogens with zero attached hydrogens (tertiary/aromatic N) is 2. The highest BCUT2D eigenvalue weighted by Crippen LogP contribution is 2.30. The molecule has 20 heavy (non-hydrogen) atoms. The van der Waals surface area contributed by atoms with E-state index in [9.17, 15) is 13.2 Å². The number of pyridine rings is 1. The Morgan fingerprint density at radius 3 is 2.35 bits per heavy atom. The summed E-state index contributed by atoms with van der Waals surface area (Å²) in [6, 6.07) is 8.98. The van der Waals surface area contributed by atoms with Gasteiger partial charge in [-0.1, -0.05) is 12.1 Å². The number of ether oxygens (including phenoxy) is 1. The SMILES string of the molecule is COc1ccc(-c2ccc(C(F)(F)F)nc2)cc1C#N. The highest BCUT2D eigenvalue weighted by atomic mass is 19.4. The molecule has 0 aliphatic heterocycles. The highest BCUT2D eigenvalue weighted by molar-refractivity contribution is 5.66. The lowest BCUT2D eigenvalue weighted by molar-refractivity contribution is -0.141. The van der Waals surface area contributed by atoms with E-state index in [2.05, 4.69) is 4.98 Å². The summed E-state index contributed by atoms with van der Waals surface area (Å²) in [6.45, 7) is 0. The molecule has 1 aromatic carbocycles. The summed E-state index contributed by atoms with van der Waals surface area (Å²) in [5, 5.41) is 8.98. The third-order valence-electron chi connectivity index (χ3n) is 2.71. The van der Waals surface area contributed by atoms with Crippen LogP contribution < -0.4 is 4.74 Å². The van der Waals surface area contributed by atoms with Gasteiger partial charge in [-0.2, -0.15) is 18.4 Å². The van der Waals surface area contributed by atoms with Crippen LogP contribution >= 0.6 is 0 Å². The lowest BCUT2D eigenvalue weighted by Gasteiger charge is -2.08. The Labute approximate surface area is 113 Å². The van der Waals surface area contributed by atoms with Gasteiger partial charge in [0.15, 0.2) is 0 Å². The van der Waals surface area contributed by atoms with Crippen molar-refractivity contribution in [3.63, 3.8) is 0 Å². The molecule has 0 unspecified atom stereocenters. The summed E-state index contributed by atoms with van der Waals surface area (Å²) >= 11 is 0. The first-order valence-corrected chi connectivity index (χ1v) is 5.57. The number of alkyl halides is 3. The average Bonchev–Trinajstić information content (AvgIpc) is 2.45. The molecule has 0 saturated carbocycles. The van der Waals surface area contributed by atoms with Gasteiger partial charge in [0.05, 0.1) is 12.7 Å². The van der Waals surface area contributed by atoms with E-state index >= 15 is 0 Å². The van der Waals surface area contributed by atoms with E-state index in [1.807, 2.05) is 6.07 Å². The van der Waals surface area contributed by atoms with Crippen molar-refractivity contribution in [2.75, 3.05) is 7.11 Å². The van der Waals surface area contributed by atoms with Gasteiger partial charge in [0.1, 0.15) is 17.5 Å². The van der Waals surface area contributed by atoms with Crippen LogP contribution in [0.2, 0.25) is 0 Å². The Bertz CT molecular complexity index is 658. The molecule has 1 aromatic heterocycles. The van der Waals surface area contributed by atoms with Crippen molar-refractivity contribution in [3.05, 3.63) is 47.8 Å². The highest BCUT2D eigenvalue weighted by Gasteiger charge is 2.32. The predicted octanol–water partition coefficient (Wildman–Crippen LogP) is 3.65. The molecular weight excluding hydrogens is 269 g/mol. The summed E-state index contributed by atoms with van der Waals surface area (Å²) in [5.74, 6) is 0.413. The number of halogens is 3. The first kappa shape index (κ1) is 13.9. The van der Waals surface area contributed by atoms with Gasteiger partial charge in [0.2, 0.25) is 0 Å². The van der Waals surface area contributed by atoms with Crippen LogP contribution in [0.1, 0.15) is 11.3 Å². The Kier molecular flexibility index (Phi) is 3.61. The second-order valence-corrected chi connectivity index (χ2v) is 3.96. The molecule has 0 radical (unpaired) electrons. The van der Waals surface area contributed by atoms with Crippen molar-refractivity contribution in [2.45, 2.75) is 6.18 Å². The van der Waals surface area contributed by atoms with Gasteiger partial charge in [0, 0.05) is 11.8 Å². The lowest BCUT2D eigenvalue weighted by atomic mass is 10.0. The van der Waals surface area contributed by atoms with Gasteiger partial charge in [0.25, 0.3) is 0 Å². The van der Waals surface area contributed by atoms with E-state index in [1.54, 1.807) is 18.2 Å². The van der Waals surface area contributed by atoms with Crippen LogP contribution in [-0.2, 0) is 6.18 Å². The molecule has 0 atom stereocenters. The summed E-state index contributed by atoms with van der Waals surface area (Å²) < 4.78 is 42.3. The van der Waals surface area contributed by atoms with Crippen LogP contribution in [0.4, 0.5) is 13.2 Å². The number of aromatic nitrogens is 1. The van der Waals surface area contributed by atoms with Gasteiger partial charge in [-0.05, 0) is 23.8 Å². The molecule has 1 heterocycles. The maximum absolute atomic E-state index is 12.4. The quantitative estimate of drug-likeness (QED) is 0.842. The second-order valence-electron chi connectivity index (χ2n) is 3.96. The molecule has 0 amide bonds. The molecule has 0 N–H and O–H groups in total. The third kappa shape index (κ3) is 2.72. The maximum atomic E-state index is 12.4. The van der Waals surface area contributed by atoms with Gasteiger partial charge in [-0.3, -0.25) is 4.98 Å². The summed E-state index contributed by atoms with van der Waals surface area (Å²) in [7, 11) is 1.44. The van der Waals surface area contributed by atoms with E-state index in [4.69, 9.17) is 10.00 Å². The van der Waals surface area contributed by atoms with Crippen LogP contribution in [0.25, 0.3) is 11.1 Å². The van der Waals surface area contributed by atoms with Crippen LogP contribution in [0.5, 0.6) is 5.75 Å². The zero-order valence-electron chi connectivity index (χ0n) is 10.4. The fraction of sp³-hybridized carbons (Fsp3) is 0.143. The molecule has 0 saturated heterocycles. The molecule has 0 spiro atoms. The fourth-order valence-corrected chi connectivity index (χ4v) is 1.71. The van der Waals surface area contributed by atoms with Crippen molar-refractivity contribution in [1.29, 1.82) is 5.26 Å². The van der Waals surface area contributed by atoms with Crippen molar-refractivity contribution in [2.24, 2.45) is 0 Å². The van der Waals surface area contributed by atoms with Crippen LogP contribution in [-0.4, -0.2) is 12.1 Å². The molecule has 6 heteroatoms. The van der Waals surface area contributed by atoms with E-state index in [0.717, 1.165) is 12.3 Å². The van der Waals surface area contributed by atoms with Crippen LogP contribution in [0.3, 0.4) is 0 Å². The largest absolute Gasteiger partial charge is 0.495 e. The van der Waals surface area contributed by atoms with Crippen LogP contribution in [0.15, 0.2) is 36.5 Å². The zero-order chi connectivity index (χ0) is 14.8. The minimum atomic E-state index is -4.46. The molecule has 2 aromatic rings. The first-order valence-electron chi connectivity index (χ1n) is 5.57. The summed E-state index contributed by atoms with van der Waals surface area (Å²) in [4.78, 5) is 3.39. The molecule has 0 fully saturated rings. The topological polar surface area (TPSA) is 45.9 Å². The lowest BCUT2D eigenvalue weighted by Crippen LogP contribution is -2.07. The zero-order valence-corrected chi connectivity index (χ0v) is 10.4. The third-order valence-corrected chi connectivity index (χ3v) is 2.71. The van der Waals surface area contributed by atoms with Crippen LogP contribution in [0, 0.1) is 11.3 Å². The Morgan fingerprint density at radius 2 is 1.85 bits per heavy atom. The number of hydrogen-bond donors (Lipinski definition) is 0. The smallest absolute Gasteiger partial charge is 0.433 e. The molecule has 0 bridgehead atoms. The standard InChI is InChI=1S/C14H9F3N2O/c1-20-12-4-2-9(6-11(12)7-18)10-3-5-13(19-8-10)14(15,16)17/h2-6,8H,1H3. The van der Waals surface area contributed by atoms with E-state index in [0.29, 0.717) is 22.4 Å². The fourth-order valence-electron chi connectivity index (χ4n) is 1.71. The first-order chi connectivity index (χ1) is 9.45. The molecule has 0 aliphatic rings. The Balaban J connectivity index is 2.40. The van der Waals surface area contributed by atoms with E-state index in [-0.39, 0.29) is 0 Å². The van der Waals surface area contributed by atoms with Crippen molar-refractivity contribution >= 4 is 0 Å². The van der Waals surface area contributed by atoms with E-state index in [1.165, 1.54) is 13.2 Å². The molecular formula is C14H9F3N2O. The summed E-state index contributed by atoms with van der Waals surface area (Å²) in [6.07, 6.45) is -3.33. The number of hydrogen-bond acceptors (Lipinski definition) is 3. The molecule has 0 aliphatic carbocycles. The molecule has 3 nitrogen and oxygen atoms in total. The second kappa shape index (κ2) is 5.21. The van der Waals surface area contributed by atoms with Crippen molar-refractivity contribution in [1.82, 2.24) is 4.98 Å². The Morgan fingerprint density at radius 1 is 1.15 bits per heavy atom. The number of nitriles is 1. The van der Waals surface area contributed by atoms with Gasteiger partial charge < -0.3 is 4.74 Å². The van der Waals surface area contributed by atoms with Gasteiger partial charge >= 0.3 is 6.18 Å². The Hall–Kier alpha value is -2.55.